The summed E-state index contributed by atoms with van der Waals surface area (Å²) in [7, 11) is 0. The van der Waals surface area contributed by atoms with Gasteiger partial charge in [0.15, 0.2) is 0 Å². The van der Waals surface area contributed by atoms with Crippen molar-refractivity contribution in [2.45, 2.75) is 43.7 Å². The minimum absolute atomic E-state index is 0.107. The number of thioether (sulfide) groups is 1. The van der Waals surface area contributed by atoms with Gasteiger partial charge in [-0.1, -0.05) is 13.3 Å². The average Bonchev–Trinajstić information content (AvgIpc) is 2.64. The lowest BCUT2D eigenvalue weighted by atomic mass is 10.2. The maximum absolute atomic E-state index is 11.9. The molecule has 0 saturated heterocycles. The predicted octanol–water partition coefficient (Wildman–Crippen LogP) is 1.93. The highest BCUT2D eigenvalue weighted by atomic mass is 32.2. The fourth-order valence-corrected chi connectivity index (χ4v) is 3.28. The first-order valence-corrected chi connectivity index (χ1v) is 7.15. The Hall–Kier alpha value is -0.430. The molecule has 0 heterocycles. The lowest BCUT2D eigenvalue weighted by molar-refractivity contribution is -0.128. The molecule has 106 valence electrons. The van der Waals surface area contributed by atoms with Gasteiger partial charge in [0, 0.05) is 11.3 Å². The van der Waals surface area contributed by atoms with Gasteiger partial charge in [0.2, 0.25) is 5.91 Å². The Labute approximate surface area is 109 Å². The van der Waals surface area contributed by atoms with Crippen LogP contribution in [0.3, 0.4) is 0 Å². The third kappa shape index (κ3) is 5.95. The van der Waals surface area contributed by atoms with Gasteiger partial charge in [-0.3, -0.25) is 4.79 Å². The minimum atomic E-state index is -4.27. The summed E-state index contributed by atoms with van der Waals surface area (Å²) in [5, 5.41) is 5.32. The highest BCUT2D eigenvalue weighted by molar-refractivity contribution is 7.99. The molecule has 3 nitrogen and oxygen atoms in total. The number of hydrogen-bond acceptors (Lipinski definition) is 3. The Balaban J connectivity index is 2.23. The largest absolute Gasteiger partial charge is 0.401 e. The zero-order chi connectivity index (χ0) is 13.6. The normalized spacial score (nSPS) is 24.2. The van der Waals surface area contributed by atoms with Crippen LogP contribution in [0.4, 0.5) is 13.2 Å². The van der Waals surface area contributed by atoms with Gasteiger partial charge in [-0.15, -0.1) is 0 Å². The van der Waals surface area contributed by atoms with Gasteiger partial charge in [0.25, 0.3) is 0 Å². The van der Waals surface area contributed by atoms with Crippen molar-refractivity contribution in [2.75, 3.05) is 18.8 Å². The van der Waals surface area contributed by atoms with E-state index < -0.39 is 12.7 Å². The molecule has 2 N–H and O–H groups in total. The summed E-state index contributed by atoms with van der Waals surface area (Å²) in [5.41, 5.74) is 0. The summed E-state index contributed by atoms with van der Waals surface area (Å²) in [6, 6.07) is 0.107. The van der Waals surface area contributed by atoms with E-state index >= 15 is 0 Å². The first-order valence-electron chi connectivity index (χ1n) is 6.11. The first-order chi connectivity index (χ1) is 8.42. The van der Waals surface area contributed by atoms with Crippen LogP contribution < -0.4 is 10.6 Å². The molecule has 1 fully saturated rings. The Morgan fingerprint density at radius 2 is 2.11 bits per heavy atom. The SMILES string of the molecule is CCSC1CCCC1NC(=O)CNCC(F)(F)F. The summed E-state index contributed by atoms with van der Waals surface area (Å²) in [6.45, 7) is 0.657. The van der Waals surface area contributed by atoms with Crippen molar-refractivity contribution in [3.05, 3.63) is 0 Å². The van der Waals surface area contributed by atoms with E-state index in [9.17, 15) is 18.0 Å². The van der Waals surface area contributed by atoms with Gasteiger partial charge >= 0.3 is 6.18 Å². The molecule has 1 aliphatic rings. The lowest BCUT2D eigenvalue weighted by Gasteiger charge is -2.20. The summed E-state index contributed by atoms with van der Waals surface area (Å²) >= 11 is 1.80. The monoisotopic (exact) mass is 284 g/mol. The second kappa shape index (κ2) is 7.23. The number of alkyl halides is 3. The van der Waals surface area contributed by atoms with Crippen molar-refractivity contribution >= 4 is 17.7 Å². The number of halogens is 3. The Bertz CT molecular complexity index is 274. The van der Waals surface area contributed by atoms with E-state index in [0.29, 0.717) is 5.25 Å². The van der Waals surface area contributed by atoms with Crippen LogP contribution in [-0.2, 0) is 4.79 Å². The van der Waals surface area contributed by atoms with Crippen molar-refractivity contribution < 1.29 is 18.0 Å². The van der Waals surface area contributed by atoms with Gasteiger partial charge in [-0.05, 0) is 18.6 Å². The fraction of sp³-hybridized carbons (Fsp3) is 0.909. The molecular weight excluding hydrogens is 265 g/mol. The van der Waals surface area contributed by atoms with Crippen LogP contribution in [0.25, 0.3) is 0 Å². The smallest absolute Gasteiger partial charge is 0.351 e. The van der Waals surface area contributed by atoms with Crippen molar-refractivity contribution in [2.24, 2.45) is 0 Å². The van der Waals surface area contributed by atoms with Crippen LogP contribution in [-0.4, -0.2) is 42.2 Å². The molecule has 0 bridgehead atoms. The van der Waals surface area contributed by atoms with Crippen molar-refractivity contribution in [3.63, 3.8) is 0 Å². The molecule has 0 aromatic carbocycles. The van der Waals surface area contributed by atoms with E-state index in [1.165, 1.54) is 0 Å². The molecule has 7 heteroatoms. The average molecular weight is 284 g/mol. The summed E-state index contributed by atoms with van der Waals surface area (Å²) in [4.78, 5) is 11.5. The maximum atomic E-state index is 11.9. The Morgan fingerprint density at radius 3 is 2.72 bits per heavy atom. The van der Waals surface area contributed by atoms with E-state index in [1.807, 2.05) is 0 Å². The zero-order valence-electron chi connectivity index (χ0n) is 10.3. The first kappa shape index (κ1) is 15.6. The molecule has 1 aliphatic carbocycles. The molecule has 0 radical (unpaired) electrons. The third-order valence-corrected chi connectivity index (χ3v) is 4.12. The topological polar surface area (TPSA) is 41.1 Å². The standard InChI is InChI=1S/C11H19F3N2OS/c1-2-18-9-5-3-4-8(9)16-10(17)6-15-7-11(12,13)14/h8-9,15H,2-7H2,1H3,(H,16,17). The number of carbonyl (C=O) groups excluding carboxylic acids is 1. The number of rotatable bonds is 6. The molecule has 1 rings (SSSR count). The maximum Gasteiger partial charge on any atom is 0.401 e. The highest BCUT2D eigenvalue weighted by Gasteiger charge is 2.29. The molecule has 1 saturated carbocycles. The lowest BCUT2D eigenvalue weighted by Crippen LogP contribution is -2.44. The molecule has 2 unspecified atom stereocenters. The van der Waals surface area contributed by atoms with Crippen LogP contribution in [0.1, 0.15) is 26.2 Å². The molecule has 18 heavy (non-hydrogen) atoms. The van der Waals surface area contributed by atoms with E-state index in [0.717, 1.165) is 25.0 Å². The van der Waals surface area contributed by atoms with Gasteiger partial charge in [-0.25, -0.2) is 0 Å². The van der Waals surface area contributed by atoms with Crippen LogP contribution in [0.15, 0.2) is 0 Å². The third-order valence-electron chi connectivity index (χ3n) is 2.79. The van der Waals surface area contributed by atoms with Gasteiger partial charge < -0.3 is 10.6 Å². The molecule has 0 aliphatic heterocycles. The van der Waals surface area contributed by atoms with Crippen LogP contribution in [0, 0.1) is 0 Å². The number of nitrogens with one attached hydrogen (secondary N) is 2. The quantitative estimate of drug-likeness (QED) is 0.783. The number of amides is 1. The molecular formula is C11H19F3N2OS. The van der Waals surface area contributed by atoms with E-state index in [2.05, 4.69) is 17.6 Å². The zero-order valence-corrected chi connectivity index (χ0v) is 11.2. The van der Waals surface area contributed by atoms with Crippen molar-refractivity contribution in [3.8, 4) is 0 Å². The second-order valence-electron chi connectivity index (χ2n) is 4.32. The molecule has 2 atom stereocenters. The fourth-order valence-electron chi connectivity index (χ4n) is 2.08. The van der Waals surface area contributed by atoms with Crippen LogP contribution >= 0.6 is 11.8 Å². The second-order valence-corrected chi connectivity index (χ2v) is 5.83. The van der Waals surface area contributed by atoms with E-state index in [-0.39, 0.29) is 18.5 Å². The molecule has 0 spiro atoms. The molecule has 0 aromatic rings. The van der Waals surface area contributed by atoms with Crippen LogP contribution in [0.2, 0.25) is 0 Å². The molecule has 1 amide bonds. The Morgan fingerprint density at radius 1 is 1.39 bits per heavy atom. The van der Waals surface area contributed by atoms with Gasteiger partial charge in [0.1, 0.15) is 0 Å². The van der Waals surface area contributed by atoms with Gasteiger partial charge in [0.05, 0.1) is 13.1 Å². The highest BCUT2D eigenvalue weighted by Crippen LogP contribution is 2.29. The minimum Gasteiger partial charge on any atom is -0.351 e. The van der Waals surface area contributed by atoms with E-state index in [4.69, 9.17) is 0 Å². The summed E-state index contributed by atoms with van der Waals surface area (Å²) < 4.78 is 35.6. The predicted molar refractivity (Wildman–Crippen MR) is 66.6 cm³/mol. The number of carbonyl (C=O) groups is 1. The number of hydrogen-bond donors (Lipinski definition) is 2. The molecule has 0 aromatic heterocycles. The summed E-state index contributed by atoms with van der Waals surface area (Å²) in [6.07, 6.45) is -1.21. The van der Waals surface area contributed by atoms with Crippen molar-refractivity contribution in [1.29, 1.82) is 0 Å². The Kier molecular flexibility index (Phi) is 6.28. The van der Waals surface area contributed by atoms with E-state index in [1.54, 1.807) is 11.8 Å². The van der Waals surface area contributed by atoms with Crippen LogP contribution in [0.5, 0.6) is 0 Å². The summed E-state index contributed by atoms with van der Waals surface area (Å²) in [5.74, 6) is 0.636. The van der Waals surface area contributed by atoms with Crippen molar-refractivity contribution in [1.82, 2.24) is 10.6 Å². The van der Waals surface area contributed by atoms with Gasteiger partial charge in [-0.2, -0.15) is 24.9 Å².